The highest BCUT2D eigenvalue weighted by Gasteiger charge is 2.35. The van der Waals surface area contributed by atoms with Crippen LogP contribution in [0.4, 0.5) is 4.79 Å². The number of amides is 2. The van der Waals surface area contributed by atoms with Crippen molar-refractivity contribution >= 4 is 23.6 Å². The van der Waals surface area contributed by atoms with Gasteiger partial charge in [-0.3, -0.25) is 14.4 Å². The first-order valence-electron chi connectivity index (χ1n) is 12.9. The van der Waals surface area contributed by atoms with Crippen LogP contribution >= 0.6 is 0 Å². The van der Waals surface area contributed by atoms with Gasteiger partial charge in [-0.25, -0.2) is 4.79 Å². The standard InChI is InChI=1S/C29H40N2O9/c1-15-9-8-10-22(37-5)27(40-29(30)36)17(3)11-16(2)24(33)23(38-6)12-18(4)26(39-7)20-13-19(32)14-21(25(20)34)31-28(15)35/h8-11,13-14,16,18,22-24,26-27,33H,12H2,1-7H3,(H2,30,36)(H,31,35)/b10-8-,15-9+,17-11+/t16-,18+,22-,23-,24+,26-,27-/m1/s1. The lowest BCUT2D eigenvalue weighted by Gasteiger charge is -2.32. The largest absolute Gasteiger partial charge is 0.439 e. The molecule has 220 valence electrons. The molecule has 1 heterocycles. The number of rotatable bonds is 4. The lowest BCUT2D eigenvalue weighted by molar-refractivity contribution is -0.120. The average molecular weight is 561 g/mol. The summed E-state index contributed by atoms with van der Waals surface area (Å²) in [6.45, 7) is 6.86. The molecule has 2 rings (SSSR count). The molecule has 0 aromatic carbocycles. The topological polar surface area (TPSA) is 163 Å². The molecule has 2 amide bonds. The normalized spacial score (nSPS) is 34.4. The van der Waals surface area contributed by atoms with E-state index in [1.807, 2.05) is 6.92 Å². The average Bonchev–Trinajstić information content (AvgIpc) is 2.90. The Morgan fingerprint density at radius 3 is 2.27 bits per heavy atom. The van der Waals surface area contributed by atoms with Crippen molar-refractivity contribution in [1.29, 1.82) is 0 Å². The number of hydrogen-bond acceptors (Lipinski definition) is 9. The van der Waals surface area contributed by atoms with Gasteiger partial charge in [-0.05, 0) is 37.8 Å². The highest BCUT2D eigenvalue weighted by molar-refractivity contribution is 6.22. The second kappa shape index (κ2) is 14.8. The number of aliphatic hydroxyl groups is 1. The highest BCUT2D eigenvalue weighted by atomic mass is 16.6. The van der Waals surface area contributed by atoms with Gasteiger partial charge in [-0.1, -0.05) is 38.2 Å². The summed E-state index contributed by atoms with van der Waals surface area (Å²) in [4.78, 5) is 50.4. The molecule has 0 radical (unpaired) electrons. The fraction of sp³-hybridized carbons (Fsp3) is 0.517. The number of ether oxygens (including phenoxy) is 4. The lowest BCUT2D eigenvalue weighted by Crippen LogP contribution is -2.40. The van der Waals surface area contributed by atoms with Crippen molar-refractivity contribution in [3.05, 3.63) is 58.9 Å². The molecule has 0 aromatic rings. The Morgan fingerprint density at radius 2 is 1.70 bits per heavy atom. The van der Waals surface area contributed by atoms with Crippen molar-refractivity contribution in [2.45, 2.75) is 64.6 Å². The number of nitrogens with one attached hydrogen (secondary N) is 1. The molecule has 0 saturated heterocycles. The van der Waals surface area contributed by atoms with Crippen LogP contribution in [0.3, 0.4) is 0 Å². The zero-order chi connectivity index (χ0) is 30.1. The van der Waals surface area contributed by atoms with Crippen LogP contribution in [-0.2, 0) is 33.3 Å². The van der Waals surface area contributed by atoms with E-state index in [-0.39, 0.29) is 29.2 Å². The fourth-order valence-corrected chi connectivity index (χ4v) is 4.86. The number of Topliss-reactive ketones (excluding diaryl/α,β-unsaturated/α-hetero) is 1. The van der Waals surface area contributed by atoms with E-state index >= 15 is 0 Å². The number of hydrogen-bond donors (Lipinski definition) is 3. The minimum atomic E-state index is -1.01. The second-order valence-electron chi connectivity index (χ2n) is 10.0. The Morgan fingerprint density at radius 1 is 1.02 bits per heavy atom. The summed E-state index contributed by atoms with van der Waals surface area (Å²) in [6.07, 6.45) is 3.68. The van der Waals surface area contributed by atoms with Gasteiger partial charge < -0.3 is 35.1 Å². The van der Waals surface area contributed by atoms with E-state index in [2.05, 4.69) is 5.32 Å². The first kappa shape index (κ1) is 32.8. The molecule has 2 bridgehead atoms. The number of carbonyl (C=O) groups is 4. The Bertz CT molecular complexity index is 1130. The molecule has 0 saturated carbocycles. The molecule has 7 atom stereocenters. The van der Waals surface area contributed by atoms with Gasteiger partial charge >= 0.3 is 6.09 Å². The third-order valence-corrected chi connectivity index (χ3v) is 7.04. The number of methoxy groups -OCH3 is 3. The molecule has 0 fully saturated rings. The summed E-state index contributed by atoms with van der Waals surface area (Å²) in [7, 11) is 4.31. The van der Waals surface area contributed by atoms with E-state index in [0.29, 0.717) is 5.57 Å². The third-order valence-electron chi connectivity index (χ3n) is 7.04. The number of carbonyl (C=O) groups excluding carboxylic acids is 4. The highest BCUT2D eigenvalue weighted by Crippen LogP contribution is 2.29. The molecule has 1 aliphatic carbocycles. The molecular weight excluding hydrogens is 520 g/mol. The molecule has 40 heavy (non-hydrogen) atoms. The van der Waals surface area contributed by atoms with Gasteiger partial charge in [0.05, 0.1) is 24.0 Å². The van der Waals surface area contributed by atoms with Gasteiger partial charge in [0.15, 0.2) is 11.9 Å². The number of ketones is 2. The molecule has 0 unspecified atom stereocenters. The molecule has 2 aliphatic rings. The third kappa shape index (κ3) is 8.31. The van der Waals surface area contributed by atoms with Crippen molar-refractivity contribution in [1.82, 2.24) is 5.32 Å². The summed E-state index contributed by atoms with van der Waals surface area (Å²) in [5.41, 5.74) is 6.06. The predicted octanol–water partition coefficient (Wildman–Crippen LogP) is 2.06. The van der Waals surface area contributed by atoms with Crippen LogP contribution < -0.4 is 11.1 Å². The van der Waals surface area contributed by atoms with Crippen LogP contribution in [0.2, 0.25) is 0 Å². The summed E-state index contributed by atoms with van der Waals surface area (Å²) < 4.78 is 22.1. The summed E-state index contributed by atoms with van der Waals surface area (Å²) in [5.74, 6) is -2.44. The number of allylic oxidation sites excluding steroid dienone is 5. The quantitative estimate of drug-likeness (QED) is 0.345. The first-order chi connectivity index (χ1) is 18.8. The first-order valence-corrected chi connectivity index (χ1v) is 12.9. The van der Waals surface area contributed by atoms with Crippen LogP contribution in [0.15, 0.2) is 58.9 Å². The molecule has 11 heteroatoms. The van der Waals surface area contributed by atoms with Gasteiger partial charge in [0.25, 0.3) is 5.91 Å². The van der Waals surface area contributed by atoms with E-state index < -0.39 is 60.0 Å². The molecule has 1 aliphatic heterocycles. The molecule has 4 N–H and O–H groups in total. The van der Waals surface area contributed by atoms with E-state index in [4.69, 9.17) is 24.7 Å². The van der Waals surface area contributed by atoms with Crippen LogP contribution in [0.25, 0.3) is 0 Å². The summed E-state index contributed by atoms with van der Waals surface area (Å²) >= 11 is 0. The monoisotopic (exact) mass is 560 g/mol. The van der Waals surface area contributed by atoms with E-state index in [1.165, 1.54) is 46.5 Å². The van der Waals surface area contributed by atoms with E-state index in [0.717, 1.165) is 6.08 Å². The van der Waals surface area contributed by atoms with Gasteiger partial charge in [-0.2, -0.15) is 0 Å². The maximum Gasteiger partial charge on any atom is 0.405 e. The fourth-order valence-electron chi connectivity index (χ4n) is 4.86. The van der Waals surface area contributed by atoms with Crippen molar-refractivity contribution < 1.29 is 43.2 Å². The Labute approximate surface area is 234 Å². The minimum absolute atomic E-state index is 0.0970. The number of nitrogens with two attached hydrogens (primary N) is 1. The minimum Gasteiger partial charge on any atom is -0.439 e. The molecular formula is C29H40N2O9. The smallest absolute Gasteiger partial charge is 0.405 e. The summed E-state index contributed by atoms with van der Waals surface area (Å²) in [6, 6.07) is 0. The van der Waals surface area contributed by atoms with Crippen LogP contribution in [-0.4, -0.2) is 80.5 Å². The maximum absolute atomic E-state index is 13.3. The molecule has 0 aromatic heterocycles. The second-order valence-corrected chi connectivity index (χ2v) is 10.0. The predicted molar refractivity (Wildman–Crippen MR) is 147 cm³/mol. The Kier molecular flexibility index (Phi) is 12.2. The molecule has 0 spiro atoms. The number of fused-ring (bicyclic) bond motifs is 2. The van der Waals surface area contributed by atoms with Gasteiger partial charge in [-0.15, -0.1) is 0 Å². The van der Waals surface area contributed by atoms with E-state index in [1.54, 1.807) is 26.0 Å². The molecule has 11 nitrogen and oxygen atoms in total. The van der Waals surface area contributed by atoms with Crippen molar-refractivity contribution in [2.75, 3.05) is 21.3 Å². The number of primary amides is 1. The van der Waals surface area contributed by atoms with Crippen LogP contribution in [0, 0.1) is 11.8 Å². The van der Waals surface area contributed by atoms with Gasteiger partial charge in [0, 0.05) is 44.5 Å². The van der Waals surface area contributed by atoms with Crippen molar-refractivity contribution in [3.63, 3.8) is 0 Å². The van der Waals surface area contributed by atoms with Crippen LogP contribution in [0.5, 0.6) is 0 Å². The van der Waals surface area contributed by atoms with Crippen molar-refractivity contribution in [3.8, 4) is 0 Å². The Hall–Kier alpha value is -3.38. The zero-order valence-corrected chi connectivity index (χ0v) is 24.0. The SMILES string of the molecule is CO[C@@H]1/C=C\C=C(/C)C(=O)NC2=CC(=O)C=C(C2=O)[C@H](OC)[C@@H](C)C[C@@H](OC)[C@@H](O)[C@H](C)/C=C(\C)[C@H]1OC(N)=O. The summed E-state index contributed by atoms with van der Waals surface area (Å²) in [5, 5.41) is 13.7. The Balaban J connectivity index is 2.62. The van der Waals surface area contributed by atoms with E-state index in [9.17, 15) is 24.3 Å². The van der Waals surface area contributed by atoms with Crippen LogP contribution in [0.1, 0.15) is 34.1 Å². The maximum atomic E-state index is 13.3. The van der Waals surface area contributed by atoms with Gasteiger partial charge in [0.1, 0.15) is 6.10 Å². The number of aliphatic hydroxyl groups excluding tert-OH is 1. The van der Waals surface area contributed by atoms with Gasteiger partial charge in [0.2, 0.25) is 5.78 Å². The van der Waals surface area contributed by atoms with Crippen molar-refractivity contribution in [2.24, 2.45) is 17.6 Å². The lowest BCUT2D eigenvalue weighted by atomic mass is 9.84. The zero-order valence-electron chi connectivity index (χ0n) is 24.0.